The molecule has 2 aromatic carbocycles. The largest absolute Gasteiger partial charge is 0.326 e. The number of nitrogens with one attached hydrogen (secondary N) is 3. The number of thiophene rings is 1. The lowest BCUT2D eigenvalue weighted by Gasteiger charge is -2.04. The number of aromatic nitrogens is 2. The van der Waals surface area contributed by atoms with Crippen molar-refractivity contribution in [2.24, 2.45) is 0 Å². The normalized spacial score (nSPS) is 10.5. The molecule has 30 heavy (non-hydrogen) atoms. The number of aromatic amines is 1. The lowest BCUT2D eigenvalue weighted by atomic mass is 10.1. The van der Waals surface area contributed by atoms with Gasteiger partial charge >= 0.3 is 0 Å². The highest BCUT2D eigenvalue weighted by Crippen LogP contribution is 2.30. The van der Waals surface area contributed by atoms with E-state index in [2.05, 4.69) is 20.8 Å². The van der Waals surface area contributed by atoms with Crippen LogP contribution in [0.15, 0.2) is 54.6 Å². The van der Waals surface area contributed by atoms with Crippen molar-refractivity contribution in [1.29, 1.82) is 5.26 Å². The van der Waals surface area contributed by atoms with E-state index in [0.29, 0.717) is 22.6 Å². The Kier molecular flexibility index (Phi) is 5.28. The van der Waals surface area contributed by atoms with Crippen LogP contribution in [0, 0.1) is 18.3 Å². The molecule has 2 aromatic heterocycles. The van der Waals surface area contributed by atoms with Crippen molar-refractivity contribution in [1.82, 2.24) is 10.2 Å². The first-order valence-electron chi connectivity index (χ1n) is 9.16. The molecule has 0 bridgehead atoms. The molecule has 4 aromatic rings. The molecular weight excluding hydrogens is 398 g/mol. The molecule has 0 fully saturated rings. The minimum Gasteiger partial charge on any atom is -0.326 e. The van der Waals surface area contributed by atoms with Crippen LogP contribution in [0.5, 0.6) is 0 Å². The van der Waals surface area contributed by atoms with Crippen LogP contribution in [0.2, 0.25) is 0 Å². The Morgan fingerprint density at radius 3 is 2.67 bits per heavy atom. The van der Waals surface area contributed by atoms with Crippen molar-refractivity contribution >= 4 is 44.9 Å². The summed E-state index contributed by atoms with van der Waals surface area (Å²) in [6, 6.07) is 17.9. The van der Waals surface area contributed by atoms with Crippen molar-refractivity contribution in [2.45, 2.75) is 13.3 Å². The standard InChI is InChI=1S/C22H17N5O2S/c1-13-3-2-4-15(9-13)21(29)25-20-18-10-17(30-22(18)27-26-20)11-19(28)24-16-7-5-14(12-23)6-8-16/h2-10H,11H2,1H3,(H,24,28)(H2,25,26,27,29). The van der Waals surface area contributed by atoms with Crippen LogP contribution < -0.4 is 10.6 Å². The van der Waals surface area contributed by atoms with E-state index in [9.17, 15) is 9.59 Å². The molecule has 0 spiro atoms. The Morgan fingerprint density at radius 2 is 1.93 bits per heavy atom. The third kappa shape index (κ3) is 4.21. The van der Waals surface area contributed by atoms with Gasteiger partial charge in [-0.15, -0.1) is 11.3 Å². The fourth-order valence-electron chi connectivity index (χ4n) is 3.01. The smallest absolute Gasteiger partial charge is 0.256 e. The number of anilines is 2. The number of nitriles is 1. The highest BCUT2D eigenvalue weighted by atomic mass is 32.1. The number of rotatable bonds is 5. The summed E-state index contributed by atoms with van der Waals surface area (Å²) in [5.74, 6) is 0.111. The van der Waals surface area contributed by atoms with Crippen molar-refractivity contribution in [2.75, 3.05) is 10.6 Å². The molecule has 3 N–H and O–H groups in total. The summed E-state index contributed by atoms with van der Waals surface area (Å²) >= 11 is 1.39. The van der Waals surface area contributed by atoms with Gasteiger partial charge in [0.15, 0.2) is 0 Å². The van der Waals surface area contributed by atoms with E-state index in [1.54, 1.807) is 30.3 Å². The molecule has 148 valence electrons. The van der Waals surface area contributed by atoms with Gasteiger partial charge in [-0.3, -0.25) is 14.7 Å². The number of aryl methyl sites for hydroxylation is 1. The Bertz CT molecular complexity index is 1280. The average Bonchev–Trinajstić information content (AvgIpc) is 3.29. The lowest BCUT2D eigenvalue weighted by Crippen LogP contribution is -2.13. The maximum absolute atomic E-state index is 12.5. The predicted molar refractivity (Wildman–Crippen MR) is 117 cm³/mol. The van der Waals surface area contributed by atoms with Gasteiger partial charge in [0, 0.05) is 16.1 Å². The highest BCUT2D eigenvalue weighted by molar-refractivity contribution is 7.18. The molecule has 0 atom stereocenters. The molecule has 2 heterocycles. The average molecular weight is 415 g/mol. The number of hydrogen-bond acceptors (Lipinski definition) is 5. The number of carbonyl (C=O) groups excluding carboxylic acids is 2. The zero-order valence-corrected chi connectivity index (χ0v) is 16.8. The molecule has 0 radical (unpaired) electrons. The molecular formula is C22H17N5O2S. The molecule has 0 saturated heterocycles. The molecule has 0 saturated carbocycles. The second kappa shape index (κ2) is 8.19. The summed E-state index contributed by atoms with van der Waals surface area (Å²) in [6.07, 6.45) is 0.187. The van der Waals surface area contributed by atoms with Crippen molar-refractivity contribution in [3.05, 3.63) is 76.2 Å². The Hall–Kier alpha value is -3.96. The topological polar surface area (TPSA) is 111 Å². The first kappa shape index (κ1) is 19.4. The summed E-state index contributed by atoms with van der Waals surface area (Å²) in [6.45, 7) is 1.93. The van der Waals surface area contributed by atoms with Crippen LogP contribution in [0.1, 0.15) is 26.4 Å². The molecule has 7 nitrogen and oxygen atoms in total. The van der Waals surface area contributed by atoms with E-state index in [0.717, 1.165) is 20.7 Å². The summed E-state index contributed by atoms with van der Waals surface area (Å²) in [5, 5.41) is 22.3. The molecule has 0 aliphatic carbocycles. The van der Waals surface area contributed by atoms with Crippen LogP contribution in [0.4, 0.5) is 11.5 Å². The predicted octanol–water partition coefficient (Wildman–Crippen LogP) is 4.24. The minimum absolute atomic E-state index is 0.169. The number of carbonyl (C=O) groups is 2. The summed E-state index contributed by atoms with van der Waals surface area (Å²) in [7, 11) is 0. The highest BCUT2D eigenvalue weighted by Gasteiger charge is 2.15. The van der Waals surface area contributed by atoms with Gasteiger partial charge in [-0.05, 0) is 49.4 Å². The van der Waals surface area contributed by atoms with Crippen molar-refractivity contribution in [3.8, 4) is 6.07 Å². The number of H-pyrrole nitrogens is 1. The number of fused-ring (bicyclic) bond motifs is 1. The third-order valence-corrected chi connectivity index (χ3v) is 5.48. The first-order chi connectivity index (χ1) is 14.5. The molecule has 2 amide bonds. The van der Waals surface area contributed by atoms with Gasteiger partial charge in [0.05, 0.1) is 23.4 Å². The second-order valence-electron chi connectivity index (χ2n) is 6.77. The van der Waals surface area contributed by atoms with Gasteiger partial charge < -0.3 is 10.6 Å². The van der Waals surface area contributed by atoms with Gasteiger partial charge in [-0.1, -0.05) is 17.7 Å². The first-order valence-corrected chi connectivity index (χ1v) is 9.98. The Labute approximate surface area is 176 Å². The number of benzene rings is 2. The second-order valence-corrected chi connectivity index (χ2v) is 7.88. The maximum Gasteiger partial charge on any atom is 0.256 e. The van der Waals surface area contributed by atoms with E-state index in [4.69, 9.17) is 5.26 Å². The van der Waals surface area contributed by atoms with Crippen LogP contribution in [0.25, 0.3) is 10.2 Å². The third-order valence-electron chi connectivity index (χ3n) is 4.45. The Morgan fingerprint density at radius 1 is 1.13 bits per heavy atom. The maximum atomic E-state index is 12.5. The lowest BCUT2D eigenvalue weighted by molar-refractivity contribution is -0.115. The summed E-state index contributed by atoms with van der Waals surface area (Å²) in [4.78, 5) is 26.4. The van der Waals surface area contributed by atoms with Gasteiger partial charge in [0.2, 0.25) is 5.91 Å². The molecule has 4 rings (SSSR count). The summed E-state index contributed by atoms with van der Waals surface area (Å²) < 4.78 is 0. The molecule has 0 aliphatic rings. The fourth-order valence-corrected chi connectivity index (χ4v) is 4.00. The fraction of sp³-hybridized carbons (Fsp3) is 0.0909. The van der Waals surface area contributed by atoms with Gasteiger partial charge in [-0.2, -0.15) is 10.4 Å². The molecule has 0 unspecified atom stereocenters. The minimum atomic E-state index is -0.226. The summed E-state index contributed by atoms with van der Waals surface area (Å²) in [5.41, 5.74) is 2.73. The zero-order valence-electron chi connectivity index (χ0n) is 16.0. The van der Waals surface area contributed by atoms with E-state index in [-0.39, 0.29) is 18.2 Å². The monoisotopic (exact) mass is 415 g/mol. The molecule has 8 heteroatoms. The van der Waals surface area contributed by atoms with Crippen molar-refractivity contribution < 1.29 is 9.59 Å². The number of hydrogen-bond donors (Lipinski definition) is 3. The van der Waals surface area contributed by atoms with Crippen LogP contribution >= 0.6 is 11.3 Å². The SMILES string of the molecule is Cc1cccc(C(=O)Nc2[nH]nc3sc(CC(=O)Nc4ccc(C#N)cc4)cc23)c1. The number of amides is 2. The van der Waals surface area contributed by atoms with E-state index in [1.165, 1.54) is 11.3 Å². The van der Waals surface area contributed by atoms with Crippen molar-refractivity contribution in [3.63, 3.8) is 0 Å². The van der Waals surface area contributed by atoms with E-state index in [1.807, 2.05) is 37.3 Å². The van der Waals surface area contributed by atoms with Crippen LogP contribution in [0.3, 0.4) is 0 Å². The zero-order chi connectivity index (χ0) is 21.1. The molecule has 0 aliphatic heterocycles. The van der Waals surface area contributed by atoms with Gasteiger partial charge in [-0.25, -0.2) is 0 Å². The van der Waals surface area contributed by atoms with Gasteiger partial charge in [0.25, 0.3) is 5.91 Å². The van der Waals surface area contributed by atoms with Crippen LogP contribution in [-0.2, 0) is 11.2 Å². The van der Waals surface area contributed by atoms with E-state index < -0.39 is 0 Å². The quantitative estimate of drug-likeness (QED) is 0.453. The Balaban J connectivity index is 1.45. The van der Waals surface area contributed by atoms with E-state index >= 15 is 0 Å². The van der Waals surface area contributed by atoms with Gasteiger partial charge in [0.1, 0.15) is 10.6 Å². The number of nitrogens with zero attached hydrogens (tertiary/aromatic N) is 2. The van der Waals surface area contributed by atoms with Crippen LogP contribution in [-0.4, -0.2) is 22.0 Å².